The average molecular weight is 176 g/mol. The van der Waals surface area contributed by atoms with Gasteiger partial charge in [0.2, 0.25) is 0 Å². The first kappa shape index (κ1) is 7.72. The molecule has 5 heteroatoms. The van der Waals surface area contributed by atoms with Gasteiger partial charge in [0.25, 0.3) is 5.91 Å². The van der Waals surface area contributed by atoms with Gasteiger partial charge in [0, 0.05) is 11.6 Å². The van der Waals surface area contributed by atoms with Gasteiger partial charge in [-0.2, -0.15) is 5.10 Å². The predicted octanol–water partition coefficient (Wildman–Crippen LogP) is 0.365. The molecule has 0 saturated carbocycles. The minimum Gasteiger partial charge on any atom is -0.364 e. The van der Waals surface area contributed by atoms with E-state index in [1.165, 1.54) is 0 Å². The summed E-state index contributed by atoms with van der Waals surface area (Å²) >= 11 is 0. The number of aryl methyl sites for hydroxylation is 1. The van der Waals surface area contributed by atoms with Crippen LogP contribution >= 0.6 is 0 Å². The molecule has 66 valence electrons. The minimum absolute atomic E-state index is 0.234. The third-order valence-corrected chi connectivity index (χ3v) is 1.91. The lowest BCUT2D eigenvalue weighted by Crippen LogP contribution is -2.13. The smallest absolute Gasteiger partial charge is 0.269 e. The van der Waals surface area contributed by atoms with Crippen molar-refractivity contribution in [2.24, 2.45) is 5.73 Å². The predicted molar refractivity (Wildman–Crippen MR) is 47.1 cm³/mol. The quantitative estimate of drug-likeness (QED) is 0.658. The molecule has 1 amide bonds. The van der Waals surface area contributed by atoms with Crippen LogP contribution in [-0.2, 0) is 0 Å². The Balaban J connectivity index is 2.84. The van der Waals surface area contributed by atoms with Crippen LogP contribution in [0.2, 0.25) is 0 Å². The summed E-state index contributed by atoms with van der Waals surface area (Å²) in [6.07, 6.45) is 1.55. The summed E-state index contributed by atoms with van der Waals surface area (Å²) in [5, 5.41) is 7.57. The molecular weight excluding hydrogens is 168 g/mol. The topological polar surface area (TPSA) is 84.7 Å². The van der Waals surface area contributed by atoms with Crippen molar-refractivity contribution >= 4 is 16.8 Å². The monoisotopic (exact) mass is 176 g/mol. The van der Waals surface area contributed by atoms with Crippen LogP contribution in [0.4, 0.5) is 0 Å². The van der Waals surface area contributed by atoms with Crippen molar-refractivity contribution in [2.45, 2.75) is 6.92 Å². The molecular formula is C8H8N4O. The number of H-pyrrole nitrogens is 1. The summed E-state index contributed by atoms with van der Waals surface area (Å²) < 4.78 is 0. The van der Waals surface area contributed by atoms with Crippen LogP contribution in [0.3, 0.4) is 0 Å². The highest BCUT2D eigenvalue weighted by Crippen LogP contribution is 2.16. The molecule has 2 aromatic heterocycles. The highest BCUT2D eigenvalue weighted by molar-refractivity contribution is 6.03. The summed E-state index contributed by atoms with van der Waals surface area (Å²) in [5.74, 6) is -0.547. The van der Waals surface area contributed by atoms with Gasteiger partial charge in [-0.15, -0.1) is 0 Å². The second-order valence-corrected chi connectivity index (χ2v) is 2.76. The fourth-order valence-electron chi connectivity index (χ4n) is 1.26. The number of aromatic nitrogens is 3. The maximum atomic E-state index is 10.9. The van der Waals surface area contributed by atoms with Gasteiger partial charge in [0.05, 0.1) is 11.2 Å². The van der Waals surface area contributed by atoms with E-state index in [2.05, 4.69) is 15.2 Å². The van der Waals surface area contributed by atoms with E-state index < -0.39 is 5.91 Å². The number of nitrogens with zero attached hydrogens (tertiary/aromatic N) is 2. The number of rotatable bonds is 1. The van der Waals surface area contributed by atoms with Gasteiger partial charge in [-0.05, 0) is 13.0 Å². The summed E-state index contributed by atoms with van der Waals surface area (Å²) in [5.41, 5.74) is 6.81. The van der Waals surface area contributed by atoms with Gasteiger partial charge in [-0.25, -0.2) is 4.98 Å². The molecule has 2 rings (SSSR count). The van der Waals surface area contributed by atoms with Gasteiger partial charge in [0.1, 0.15) is 0 Å². The van der Waals surface area contributed by atoms with Gasteiger partial charge in [-0.3, -0.25) is 9.89 Å². The number of primary amides is 1. The highest BCUT2D eigenvalue weighted by atomic mass is 16.1. The molecule has 5 nitrogen and oxygen atoms in total. The summed E-state index contributed by atoms with van der Waals surface area (Å²) in [6.45, 7) is 1.85. The molecule has 0 atom stereocenters. The number of aromatic amines is 1. The Labute approximate surface area is 74.0 Å². The maximum absolute atomic E-state index is 10.9. The number of nitrogens with two attached hydrogens (primary N) is 1. The highest BCUT2D eigenvalue weighted by Gasteiger charge is 2.10. The molecule has 0 unspecified atom stereocenters. The van der Waals surface area contributed by atoms with Crippen LogP contribution in [0.1, 0.15) is 16.2 Å². The number of carbonyl (C=O) groups excluding carboxylic acids is 1. The van der Waals surface area contributed by atoms with Crippen molar-refractivity contribution in [3.8, 4) is 0 Å². The zero-order valence-corrected chi connectivity index (χ0v) is 7.03. The van der Waals surface area contributed by atoms with Crippen molar-refractivity contribution in [1.29, 1.82) is 0 Å². The summed E-state index contributed by atoms with van der Waals surface area (Å²) in [6, 6.07) is 1.79. The fraction of sp³-hybridized carbons (Fsp3) is 0.125. The summed E-state index contributed by atoms with van der Waals surface area (Å²) in [4.78, 5) is 14.8. The normalized spacial score (nSPS) is 10.5. The first-order valence-electron chi connectivity index (χ1n) is 3.79. The van der Waals surface area contributed by atoms with Crippen molar-refractivity contribution < 1.29 is 4.79 Å². The lowest BCUT2D eigenvalue weighted by molar-refractivity contribution is 0.0997. The molecule has 3 N–H and O–H groups in total. The van der Waals surface area contributed by atoms with Gasteiger partial charge in [-0.1, -0.05) is 0 Å². The van der Waals surface area contributed by atoms with E-state index in [0.29, 0.717) is 5.52 Å². The first-order valence-corrected chi connectivity index (χ1v) is 3.79. The van der Waals surface area contributed by atoms with E-state index >= 15 is 0 Å². The van der Waals surface area contributed by atoms with Crippen molar-refractivity contribution in [3.63, 3.8) is 0 Å². The van der Waals surface area contributed by atoms with E-state index in [4.69, 9.17) is 5.73 Å². The van der Waals surface area contributed by atoms with Gasteiger partial charge < -0.3 is 5.73 Å². The van der Waals surface area contributed by atoms with E-state index in [0.717, 1.165) is 11.1 Å². The zero-order chi connectivity index (χ0) is 9.42. The van der Waals surface area contributed by atoms with Crippen molar-refractivity contribution in [2.75, 3.05) is 0 Å². The van der Waals surface area contributed by atoms with Gasteiger partial charge >= 0.3 is 0 Å². The van der Waals surface area contributed by atoms with Crippen LogP contribution in [-0.4, -0.2) is 21.1 Å². The molecule has 0 radical (unpaired) electrons. The average Bonchev–Trinajstić information content (AvgIpc) is 2.48. The Morgan fingerprint density at radius 3 is 3.08 bits per heavy atom. The fourth-order valence-corrected chi connectivity index (χ4v) is 1.26. The second kappa shape index (κ2) is 2.55. The molecule has 0 aliphatic rings. The van der Waals surface area contributed by atoms with Crippen LogP contribution < -0.4 is 5.73 Å². The van der Waals surface area contributed by atoms with E-state index in [1.54, 1.807) is 12.3 Å². The molecule has 0 bridgehead atoms. The third kappa shape index (κ3) is 1.05. The van der Waals surface area contributed by atoms with E-state index in [1.807, 2.05) is 6.92 Å². The van der Waals surface area contributed by atoms with Crippen molar-refractivity contribution in [3.05, 3.63) is 23.7 Å². The number of hydrogen-bond donors (Lipinski definition) is 2. The molecule has 0 aromatic carbocycles. The molecule has 0 spiro atoms. The standard InChI is InChI=1S/C8H8N4O/c1-4-5-2-3-10-7(8(9)13)6(5)12-11-4/h2-3H,1H3,(H2,9,13)(H,11,12). The number of fused-ring (bicyclic) bond motifs is 1. The van der Waals surface area contributed by atoms with Crippen LogP contribution in [0, 0.1) is 6.92 Å². The largest absolute Gasteiger partial charge is 0.364 e. The molecule has 0 aliphatic carbocycles. The molecule has 0 fully saturated rings. The number of carbonyl (C=O) groups is 1. The second-order valence-electron chi connectivity index (χ2n) is 2.76. The Hall–Kier alpha value is -1.91. The number of amides is 1. The zero-order valence-electron chi connectivity index (χ0n) is 7.03. The minimum atomic E-state index is -0.547. The van der Waals surface area contributed by atoms with Crippen molar-refractivity contribution in [1.82, 2.24) is 15.2 Å². The number of hydrogen-bond acceptors (Lipinski definition) is 3. The molecule has 2 aromatic rings. The number of nitrogens with one attached hydrogen (secondary N) is 1. The van der Waals surface area contributed by atoms with E-state index in [-0.39, 0.29) is 5.69 Å². The Morgan fingerprint density at radius 2 is 2.38 bits per heavy atom. The summed E-state index contributed by atoms with van der Waals surface area (Å²) in [7, 11) is 0. The first-order chi connectivity index (χ1) is 6.20. The lowest BCUT2D eigenvalue weighted by Gasteiger charge is -1.94. The Bertz CT molecular complexity index is 474. The van der Waals surface area contributed by atoms with E-state index in [9.17, 15) is 4.79 Å². The number of pyridine rings is 1. The maximum Gasteiger partial charge on any atom is 0.269 e. The van der Waals surface area contributed by atoms with Gasteiger partial charge in [0.15, 0.2) is 5.69 Å². The SMILES string of the molecule is Cc1n[nH]c2c(C(N)=O)nccc12. The van der Waals surface area contributed by atoms with Crippen LogP contribution in [0.25, 0.3) is 10.9 Å². The molecule has 13 heavy (non-hydrogen) atoms. The Kier molecular flexibility index (Phi) is 1.51. The van der Waals surface area contributed by atoms with Crippen LogP contribution in [0.5, 0.6) is 0 Å². The Morgan fingerprint density at radius 1 is 1.62 bits per heavy atom. The third-order valence-electron chi connectivity index (χ3n) is 1.91. The lowest BCUT2D eigenvalue weighted by atomic mass is 10.2. The van der Waals surface area contributed by atoms with Crippen LogP contribution in [0.15, 0.2) is 12.3 Å². The molecule has 0 saturated heterocycles. The molecule has 0 aliphatic heterocycles. The molecule has 2 heterocycles.